The van der Waals surface area contributed by atoms with Gasteiger partial charge in [-0.3, -0.25) is 4.79 Å². The fraction of sp³-hybridized carbons (Fsp3) is 0.500. The maximum absolute atomic E-state index is 10.4. The minimum absolute atomic E-state index is 0.146. The summed E-state index contributed by atoms with van der Waals surface area (Å²) in [5, 5.41) is -0.146. The number of carbonyl (C=O) groups excluding carboxylic acids is 1. The second-order valence-electron chi connectivity index (χ2n) is 2.10. The molecule has 1 saturated carbocycles. The second-order valence-corrected chi connectivity index (χ2v) is 2.51. The van der Waals surface area contributed by atoms with Gasteiger partial charge in [0.2, 0.25) is 5.12 Å². The first kappa shape index (κ1) is 5.89. The Balaban J connectivity index is 2.45. The Hall–Kier alpha value is -0.240. The first-order valence-corrected chi connectivity index (χ1v) is 3.08. The van der Waals surface area contributed by atoms with Crippen LogP contribution in [0.4, 0.5) is 0 Å². The van der Waals surface area contributed by atoms with Gasteiger partial charge in [-0.1, -0.05) is 6.58 Å². The van der Waals surface area contributed by atoms with Gasteiger partial charge >= 0.3 is 0 Å². The number of hydrogen-bond acceptors (Lipinski definition) is 1. The molecule has 2 heteroatoms. The highest BCUT2D eigenvalue weighted by Crippen LogP contribution is 2.36. The molecule has 44 valence electrons. The molecule has 0 aromatic carbocycles. The number of rotatable bonds is 2. The number of thiol groups is 1. The predicted molar refractivity (Wildman–Crippen MR) is 35.9 cm³/mol. The highest BCUT2D eigenvalue weighted by molar-refractivity contribution is 7.97. The molecule has 0 bridgehead atoms. The Kier molecular flexibility index (Phi) is 1.43. The zero-order chi connectivity index (χ0) is 6.15. The SMILES string of the molecule is C=C(C(=O)S)C1CC1. The van der Waals surface area contributed by atoms with E-state index in [9.17, 15) is 4.79 Å². The van der Waals surface area contributed by atoms with Gasteiger partial charge in [0.15, 0.2) is 0 Å². The van der Waals surface area contributed by atoms with E-state index in [1.54, 1.807) is 0 Å². The van der Waals surface area contributed by atoms with Gasteiger partial charge in [0.1, 0.15) is 0 Å². The van der Waals surface area contributed by atoms with Crippen molar-refractivity contribution in [1.29, 1.82) is 0 Å². The molecule has 0 heterocycles. The molecular formula is C6H8OS. The summed E-state index contributed by atoms with van der Waals surface area (Å²) < 4.78 is 0. The summed E-state index contributed by atoms with van der Waals surface area (Å²) in [6.07, 6.45) is 2.26. The summed E-state index contributed by atoms with van der Waals surface area (Å²) in [6, 6.07) is 0. The molecule has 0 unspecified atom stereocenters. The molecule has 0 atom stereocenters. The van der Waals surface area contributed by atoms with E-state index in [1.807, 2.05) is 0 Å². The van der Waals surface area contributed by atoms with E-state index >= 15 is 0 Å². The quantitative estimate of drug-likeness (QED) is 0.439. The molecular weight excluding hydrogens is 120 g/mol. The first-order valence-electron chi connectivity index (χ1n) is 2.64. The molecule has 0 amide bonds. The van der Waals surface area contributed by atoms with Crippen molar-refractivity contribution >= 4 is 17.7 Å². The van der Waals surface area contributed by atoms with Crippen molar-refractivity contribution in [2.24, 2.45) is 5.92 Å². The van der Waals surface area contributed by atoms with Crippen LogP contribution in [0.5, 0.6) is 0 Å². The van der Waals surface area contributed by atoms with E-state index in [1.165, 1.54) is 0 Å². The Morgan fingerprint density at radius 1 is 1.62 bits per heavy atom. The zero-order valence-corrected chi connectivity index (χ0v) is 5.45. The molecule has 0 N–H and O–H groups in total. The van der Waals surface area contributed by atoms with Crippen LogP contribution >= 0.6 is 12.6 Å². The van der Waals surface area contributed by atoms with Gasteiger partial charge in [0.25, 0.3) is 0 Å². The maximum atomic E-state index is 10.4. The van der Waals surface area contributed by atoms with Gasteiger partial charge in [-0.25, -0.2) is 0 Å². The average molecular weight is 128 g/mol. The lowest BCUT2D eigenvalue weighted by Crippen LogP contribution is -1.91. The highest BCUT2D eigenvalue weighted by atomic mass is 32.1. The van der Waals surface area contributed by atoms with Crippen molar-refractivity contribution in [2.45, 2.75) is 12.8 Å². The maximum Gasteiger partial charge on any atom is 0.211 e. The Morgan fingerprint density at radius 3 is 2.25 bits per heavy atom. The predicted octanol–water partition coefficient (Wildman–Crippen LogP) is 1.41. The van der Waals surface area contributed by atoms with Crippen molar-refractivity contribution in [3.8, 4) is 0 Å². The fourth-order valence-electron chi connectivity index (χ4n) is 0.606. The molecule has 0 saturated heterocycles. The van der Waals surface area contributed by atoms with Crippen LogP contribution in [0, 0.1) is 5.92 Å². The third-order valence-corrected chi connectivity index (χ3v) is 1.63. The normalized spacial score (nSPS) is 18.1. The summed E-state index contributed by atoms with van der Waals surface area (Å²) in [7, 11) is 0. The summed E-state index contributed by atoms with van der Waals surface area (Å²) in [5.41, 5.74) is 0.688. The summed E-state index contributed by atoms with van der Waals surface area (Å²) in [4.78, 5) is 10.4. The van der Waals surface area contributed by atoms with Gasteiger partial charge in [-0.15, -0.1) is 12.6 Å². The number of carbonyl (C=O) groups is 1. The monoisotopic (exact) mass is 128 g/mol. The van der Waals surface area contributed by atoms with Crippen LogP contribution in [-0.2, 0) is 4.79 Å². The van der Waals surface area contributed by atoms with Crippen LogP contribution in [-0.4, -0.2) is 5.12 Å². The zero-order valence-electron chi connectivity index (χ0n) is 4.55. The van der Waals surface area contributed by atoms with Crippen molar-refractivity contribution in [1.82, 2.24) is 0 Å². The number of hydrogen-bond donors (Lipinski definition) is 1. The fourth-order valence-corrected chi connectivity index (χ4v) is 0.789. The van der Waals surface area contributed by atoms with Gasteiger partial charge in [0.05, 0.1) is 0 Å². The first-order chi connectivity index (χ1) is 3.72. The summed E-state index contributed by atoms with van der Waals surface area (Å²) in [6.45, 7) is 3.59. The van der Waals surface area contributed by atoms with Crippen LogP contribution in [0.2, 0.25) is 0 Å². The molecule has 1 aliphatic rings. The third-order valence-electron chi connectivity index (χ3n) is 1.34. The molecule has 1 nitrogen and oxygen atoms in total. The van der Waals surface area contributed by atoms with E-state index in [0.29, 0.717) is 11.5 Å². The molecule has 0 aromatic heterocycles. The van der Waals surface area contributed by atoms with Gasteiger partial charge in [-0.2, -0.15) is 0 Å². The van der Waals surface area contributed by atoms with Gasteiger partial charge in [0, 0.05) is 5.57 Å². The van der Waals surface area contributed by atoms with E-state index in [-0.39, 0.29) is 5.12 Å². The summed E-state index contributed by atoms with van der Waals surface area (Å²) >= 11 is 3.63. The Bertz CT molecular complexity index is 135. The summed E-state index contributed by atoms with van der Waals surface area (Å²) in [5.74, 6) is 0.472. The van der Waals surface area contributed by atoms with Crippen LogP contribution in [0.15, 0.2) is 12.2 Å². The third kappa shape index (κ3) is 1.13. The molecule has 0 aliphatic heterocycles. The largest absolute Gasteiger partial charge is 0.282 e. The minimum Gasteiger partial charge on any atom is -0.282 e. The van der Waals surface area contributed by atoms with Crippen molar-refractivity contribution < 1.29 is 4.79 Å². The van der Waals surface area contributed by atoms with E-state index in [2.05, 4.69) is 19.2 Å². The lowest BCUT2D eigenvalue weighted by Gasteiger charge is -1.91. The molecule has 1 aliphatic carbocycles. The van der Waals surface area contributed by atoms with Gasteiger partial charge < -0.3 is 0 Å². The molecule has 1 fully saturated rings. The smallest absolute Gasteiger partial charge is 0.211 e. The topological polar surface area (TPSA) is 17.1 Å². The Morgan fingerprint density at radius 2 is 2.12 bits per heavy atom. The van der Waals surface area contributed by atoms with Crippen LogP contribution < -0.4 is 0 Å². The molecule has 0 radical (unpaired) electrons. The van der Waals surface area contributed by atoms with Crippen molar-refractivity contribution in [2.75, 3.05) is 0 Å². The van der Waals surface area contributed by atoms with Crippen LogP contribution in [0.1, 0.15) is 12.8 Å². The van der Waals surface area contributed by atoms with E-state index in [0.717, 1.165) is 12.8 Å². The Labute approximate surface area is 54.2 Å². The van der Waals surface area contributed by atoms with E-state index < -0.39 is 0 Å². The second kappa shape index (κ2) is 1.94. The van der Waals surface area contributed by atoms with Crippen LogP contribution in [0.25, 0.3) is 0 Å². The van der Waals surface area contributed by atoms with Crippen LogP contribution in [0.3, 0.4) is 0 Å². The molecule has 0 aromatic rings. The molecule has 0 spiro atoms. The average Bonchev–Trinajstić information content (AvgIpc) is 2.43. The van der Waals surface area contributed by atoms with E-state index in [4.69, 9.17) is 0 Å². The van der Waals surface area contributed by atoms with Crippen molar-refractivity contribution in [3.05, 3.63) is 12.2 Å². The molecule has 1 rings (SSSR count). The minimum atomic E-state index is -0.146. The lowest BCUT2D eigenvalue weighted by atomic mass is 10.2. The van der Waals surface area contributed by atoms with Gasteiger partial charge in [-0.05, 0) is 18.8 Å². The highest BCUT2D eigenvalue weighted by Gasteiger charge is 2.26. The molecule has 8 heavy (non-hydrogen) atoms. The lowest BCUT2D eigenvalue weighted by molar-refractivity contribution is -0.107. The standard InChI is InChI=1S/C6H8OS/c1-4(6(7)8)5-2-3-5/h5H,1-3H2,(H,7,8). The van der Waals surface area contributed by atoms with Crippen molar-refractivity contribution in [3.63, 3.8) is 0 Å².